The van der Waals surface area contributed by atoms with E-state index < -0.39 is 0 Å². The number of cyclic esters (lactones) is 1. The number of allylic oxidation sites excluding steroid dienone is 2. The van der Waals surface area contributed by atoms with Crippen molar-refractivity contribution in [2.24, 2.45) is 11.8 Å². The number of anilines is 1. The summed E-state index contributed by atoms with van der Waals surface area (Å²) in [6.45, 7) is 1.00. The molecule has 2 aliphatic carbocycles. The van der Waals surface area contributed by atoms with Crippen molar-refractivity contribution in [3.8, 4) is 0 Å². The van der Waals surface area contributed by atoms with Gasteiger partial charge in [-0.05, 0) is 48.3 Å². The van der Waals surface area contributed by atoms with E-state index in [1.54, 1.807) is 12.0 Å². The smallest absolute Gasteiger partial charge is 0.414 e. The van der Waals surface area contributed by atoms with E-state index in [9.17, 15) is 4.79 Å². The summed E-state index contributed by atoms with van der Waals surface area (Å²) in [5.41, 5.74) is 2.30. The van der Waals surface area contributed by atoms with Crippen molar-refractivity contribution < 1.29 is 14.3 Å². The first-order valence-corrected chi connectivity index (χ1v) is 8.00. The van der Waals surface area contributed by atoms with Crippen LogP contribution in [0.25, 0.3) is 0 Å². The van der Waals surface area contributed by atoms with Crippen molar-refractivity contribution in [3.05, 3.63) is 42.0 Å². The molecule has 4 rings (SSSR count). The van der Waals surface area contributed by atoms with Crippen LogP contribution in [0.4, 0.5) is 10.5 Å². The number of carbonyl (C=O) groups is 1. The Balaban J connectivity index is 1.48. The normalized spacial score (nSPS) is 32.8. The zero-order chi connectivity index (χ0) is 15.1. The molecule has 4 heteroatoms. The van der Waals surface area contributed by atoms with Gasteiger partial charge in [-0.2, -0.15) is 0 Å². The van der Waals surface area contributed by atoms with Crippen molar-refractivity contribution in [1.82, 2.24) is 0 Å². The number of hydrogen-bond donors (Lipinski definition) is 0. The highest BCUT2D eigenvalue weighted by Gasteiger charge is 2.37. The fourth-order valence-corrected chi connectivity index (χ4v) is 4.07. The molecule has 4 nitrogen and oxygen atoms in total. The minimum absolute atomic E-state index is 0.173. The van der Waals surface area contributed by atoms with E-state index in [1.807, 2.05) is 12.1 Å². The topological polar surface area (TPSA) is 38.8 Å². The number of benzene rings is 1. The van der Waals surface area contributed by atoms with Crippen molar-refractivity contribution >= 4 is 11.8 Å². The zero-order valence-corrected chi connectivity index (χ0v) is 12.8. The lowest BCUT2D eigenvalue weighted by molar-refractivity contribution is 0.0718. The molecular weight excluding hydrogens is 278 g/mol. The number of fused-ring (bicyclic) bond motifs is 2. The Morgan fingerprint density at radius 1 is 1.23 bits per heavy atom. The highest BCUT2D eigenvalue weighted by molar-refractivity contribution is 5.89. The van der Waals surface area contributed by atoms with Gasteiger partial charge in [0.1, 0.15) is 6.10 Å². The number of amides is 1. The fraction of sp³-hybridized carbons (Fsp3) is 0.500. The van der Waals surface area contributed by atoms with E-state index in [1.165, 1.54) is 18.4 Å². The van der Waals surface area contributed by atoms with Gasteiger partial charge < -0.3 is 9.47 Å². The fourth-order valence-electron chi connectivity index (χ4n) is 4.07. The first-order valence-electron chi connectivity index (χ1n) is 8.00. The molecule has 0 aromatic heterocycles. The van der Waals surface area contributed by atoms with Gasteiger partial charge >= 0.3 is 6.09 Å². The Labute approximate surface area is 130 Å². The summed E-state index contributed by atoms with van der Waals surface area (Å²) in [6.07, 6.45) is 6.86. The Morgan fingerprint density at radius 3 is 2.68 bits per heavy atom. The third-order valence-electron chi connectivity index (χ3n) is 5.14. The van der Waals surface area contributed by atoms with E-state index in [4.69, 9.17) is 9.47 Å². The lowest BCUT2D eigenvalue weighted by Gasteiger charge is -2.20. The molecule has 1 aliphatic heterocycles. The number of carbonyl (C=O) groups excluding carboxylic acids is 1. The van der Waals surface area contributed by atoms with Gasteiger partial charge in [-0.1, -0.05) is 24.3 Å². The van der Waals surface area contributed by atoms with Crippen LogP contribution in [0.15, 0.2) is 36.4 Å². The van der Waals surface area contributed by atoms with Gasteiger partial charge in [-0.3, -0.25) is 4.90 Å². The van der Waals surface area contributed by atoms with Crippen LogP contribution in [0.1, 0.15) is 24.3 Å². The average molecular weight is 299 g/mol. The van der Waals surface area contributed by atoms with E-state index >= 15 is 0 Å². The average Bonchev–Trinajstić information content (AvgIpc) is 3.23. The first kappa shape index (κ1) is 13.8. The van der Waals surface area contributed by atoms with Crippen molar-refractivity contribution in [3.63, 3.8) is 0 Å². The van der Waals surface area contributed by atoms with E-state index in [-0.39, 0.29) is 12.2 Å². The molecular formula is C18H21NO3. The maximum Gasteiger partial charge on any atom is 0.414 e. The molecule has 0 N–H and O–H groups in total. The zero-order valence-electron chi connectivity index (χ0n) is 12.8. The molecule has 2 fully saturated rings. The predicted molar refractivity (Wildman–Crippen MR) is 84.0 cm³/mol. The molecule has 1 aromatic rings. The molecule has 1 aromatic carbocycles. The Bertz CT molecular complexity index is 595. The van der Waals surface area contributed by atoms with Gasteiger partial charge in [0.05, 0.1) is 13.2 Å². The van der Waals surface area contributed by atoms with Crippen LogP contribution in [0.5, 0.6) is 0 Å². The molecule has 0 spiro atoms. The molecule has 22 heavy (non-hydrogen) atoms. The van der Waals surface area contributed by atoms with Gasteiger partial charge in [0.2, 0.25) is 0 Å². The molecule has 1 saturated heterocycles. The van der Waals surface area contributed by atoms with E-state index in [2.05, 4.69) is 24.3 Å². The van der Waals surface area contributed by atoms with E-state index in [0.29, 0.717) is 25.0 Å². The standard InChI is InChI=1S/C18H21NO3/c1-21-11-16-10-19(18(20)22-16)15-6-4-13(5-7-15)17-9-12-2-3-14(17)8-12/h2-7,12,14,16-17H,8-11H2,1H3. The highest BCUT2D eigenvalue weighted by Crippen LogP contribution is 2.48. The number of methoxy groups -OCH3 is 1. The summed E-state index contributed by atoms with van der Waals surface area (Å²) in [5.74, 6) is 2.13. The number of ether oxygens (including phenoxy) is 2. The van der Waals surface area contributed by atoms with Crippen molar-refractivity contribution in [2.45, 2.75) is 24.9 Å². The van der Waals surface area contributed by atoms with Crippen LogP contribution in [0.2, 0.25) is 0 Å². The second kappa shape index (κ2) is 5.43. The SMILES string of the molecule is COCC1CN(c2ccc(C3CC4C=CC3C4)cc2)C(=O)O1. The molecule has 0 radical (unpaired) electrons. The molecule has 1 heterocycles. The van der Waals surface area contributed by atoms with Crippen LogP contribution < -0.4 is 4.90 Å². The van der Waals surface area contributed by atoms with Gasteiger partial charge in [0.15, 0.2) is 0 Å². The van der Waals surface area contributed by atoms with Crippen LogP contribution in [-0.4, -0.2) is 32.5 Å². The summed E-state index contributed by atoms with van der Waals surface area (Å²) in [5, 5.41) is 0. The Morgan fingerprint density at radius 2 is 2.05 bits per heavy atom. The van der Waals surface area contributed by atoms with Crippen molar-refractivity contribution in [1.29, 1.82) is 0 Å². The Hall–Kier alpha value is -1.81. The summed E-state index contributed by atoms with van der Waals surface area (Å²) in [6, 6.07) is 8.43. The molecule has 2 bridgehead atoms. The Kier molecular flexibility index (Phi) is 3.41. The van der Waals surface area contributed by atoms with E-state index in [0.717, 1.165) is 11.6 Å². The predicted octanol–water partition coefficient (Wildman–Crippen LogP) is 3.34. The summed E-state index contributed by atoms with van der Waals surface area (Å²) in [7, 11) is 1.62. The molecule has 3 aliphatic rings. The highest BCUT2D eigenvalue weighted by atomic mass is 16.6. The quantitative estimate of drug-likeness (QED) is 0.800. The third-order valence-corrected chi connectivity index (χ3v) is 5.14. The van der Waals surface area contributed by atoms with Gasteiger partial charge in [0, 0.05) is 12.8 Å². The van der Waals surface area contributed by atoms with Crippen LogP contribution in [0.3, 0.4) is 0 Å². The monoisotopic (exact) mass is 299 g/mol. The molecule has 116 valence electrons. The molecule has 4 unspecified atom stereocenters. The minimum atomic E-state index is -0.280. The third kappa shape index (κ3) is 2.31. The molecule has 1 amide bonds. The number of rotatable bonds is 4. The number of hydrogen-bond acceptors (Lipinski definition) is 3. The molecule has 1 saturated carbocycles. The van der Waals surface area contributed by atoms with Crippen LogP contribution in [-0.2, 0) is 9.47 Å². The van der Waals surface area contributed by atoms with Gasteiger partial charge in [-0.25, -0.2) is 4.79 Å². The summed E-state index contributed by atoms with van der Waals surface area (Å²) < 4.78 is 10.4. The summed E-state index contributed by atoms with van der Waals surface area (Å²) >= 11 is 0. The second-order valence-electron chi connectivity index (χ2n) is 6.55. The van der Waals surface area contributed by atoms with Gasteiger partial charge in [-0.15, -0.1) is 0 Å². The van der Waals surface area contributed by atoms with Crippen LogP contribution in [0, 0.1) is 11.8 Å². The van der Waals surface area contributed by atoms with Crippen LogP contribution >= 0.6 is 0 Å². The maximum absolute atomic E-state index is 11.9. The molecule has 4 atom stereocenters. The minimum Gasteiger partial charge on any atom is -0.441 e. The lowest BCUT2D eigenvalue weighted by Crippen LogP contribution is -2.25. The summed E-state index contributed by atoms with van der Waals surface area (Å²) in [4.78, 5) is 13.6. The van der Waals surface area contributed by atoms with Gasteiger partial charge in [0.25, 0.3) is 0 Å². The number of nitrogens with zero attached hydrogens (tertiary/aromatic N) is 1. The first-order chi connectivity index (χ1) is 10.7. The largest absolute Gasteiger partial charge is 0.441 e. The van der Waals surface area contributed by atoms with Crippen molar-refractivity contribution in [2.75, 3.05) is 25.2 Å². The maximum atomic E-state index is 11.9. The lowest BCUT2D eigenvalue weighted by atomic mass is 9.87. The second-order valence-corrected chi connectivity index (χ2v) is 6.55.